The molecule has 1 aromatic carbocycles. The molecule has 0 heterocycles. The van der Waals surface area contributed by atoms with Gasteiger partial charge in [-0.15, -0.1) is 0 Å². The molecule has 1 fully saturated rings. The van der Waals surface area contributed by atoms with Crippen LogP contribution in [0.4, 0.5) is 0 Å². The van der Waals surface area contributed by atoms with E-state index in [1.807, 2.05) is 0 Å². The van der Waals surface area contributed by atoms with Gasteiger partial charge in [-0.2, -0.15) is 0 Å². The fourth-order valence-electron chi connectivity index (χ4n) is 4.10. The first-order valence-electron chi connectivity index (χ1n) is 8.41. The van der Waals surface area contributed by atoms with Gasteiger partial charge < -0.3 is 10.2 Å². The van der Waals surface area contributed by atoms with Gasteiger partial charge in [-0.1, -0.05) is 43.7 Å². The second-order valence-electron chi connectivity index (χ2n) is 7.30. The maximum Gasteiger partial charge on any atom is 0.0230 e. The van der Waals surface area contributed by atoms with Crippen molar-refractivity contribution in [1.82, 2.24) is 10.2 Å². The quantitative estimate of drug-likeness (QED) is 0.889. The predicted molar refractivity (Wildman–Crippen MR) is 91.4 cm³/mol. The fraction of sp³-hybridized carbons (Fsp3) is 0.684. The van der Waals surface area contributed by atoms with E-state index in [9.17, 15) is 0 Å². The standard InChI is InChI=1S/C19H32N2/c1-14-7-6-8-17(10-14)12-21(5)13-18-16(3)9-15(2)11-19(18)20-4/h6-8,10,15-16,18-20H,9,11-13H2,1-5H3. The van der Waals surface area contributed by atoms with Crippen LogP contribution in [0.3, 0.4) is 0 Å². The maximum absolute atomic E-state index is 3.57. The molecule has 2 rings (SSSR count). The highest BCUT2D eigenvalue weighted by molar-refractivity contribution is 5.22. The van der Waals surface area contributed by atoms with Crippen molar-refractivity contribution in [3.8, 4) is 0 Å². The monoisotopic (exact) mass is 288 g/mol. The third-order valence-electron chi connectivity index (χ3n) is 5.11. The summed E-state index contributed by atoms with van der Waals surface area (Å²) in [5, 5.41) is 3.57. The lowest BCUT2D eigenvalue weighted by molar-refractivity contribution is 0.113. The molecule has 1 aliphatic carbocycles. The molecular weight excluding hydrogens is 256 g/mol. The molecule has 0 saturated heterocycles. The first-order chi connectivity index (χ1) is 9.99. The Kier molecular flexibility index (Phi) is 5.83. The summed E-state index contributed by atoms with van der Waals surface area (Å²) in [6, 6.07) is 9.55. The van der Waals surface area contributed by atoms with Crippen LogP contribution in [0, 0.1) is 24.7 Å². The molecule has 0 bridgehead atoms. The van der Waals surface area contributed by atoms with Crippen LogP contribution in [0.25, 0.3) is 0 Å². The van der Waals surface area contributed by atoms with Gasteiger partial charge in [-0.05, 0) is 57.2 Å². The minimum absolute atomic E-state index is 0.670. The van der Waals surface area contributed by atoms with E-state index in [0.29, 0.717) is 6.04 Å². The summed E-state index contributed by atoms with van der Waals surface area (Å²) in [5.41, 5.74) is 2.78. The molecule has 1 N–H and O–H groups in total. The summed E-state index contributed by atoms with van der Waals surface area (Å²) in [4.78, 5) is 2.50. The molecule has 118 valence electrons. The molecule has 2 nitrogen and oxygen atoms in total. The van der Waals surface area contributed by atoms with E-state index in [0.717, 1.165) is 24.3 Å². The van der Waals surface area contributed by atoms with Crippen molar-refractivity contribution >= 4 is 0 Å². The predicted octanol–water partition coefficient (Wildman–Crippen LogP) is 3.70. The molecule has 21 heavy (non-hydrogen) atoms. The Bertz CT molecular complexity index is 443. The highest BCUT2D eigenvalue weighted by Crippen LogP contribution is 2.34. The molecule has 4 unspecified atom stereocenters. The van der Waals surface area contributed by atoms with Crippen molar-refractivity contribution in [1.29, 1.82) is 0 Å². The third kappa shape index (κ3) is 4.55. The zero-order valence-electron chi connectivity index (χ0n) is 14.4. The second kappa shape index (κ2) is 7.42. The van der Waals surface area contributed by atoms with Crippen molar-refractivity contribution in [2.45, 2.75) is 46.2 Å². The van der Waals surface area contributed by atoms with Crippen LogP contribution in [0.2, 0.25) is 0 Å². The van der Waals surface area contributed by atoms with E-state index in [-0.39, 0.29) is 0 Å². The Morgan fingerprint density at radius 1 is 1.24 bits per heavy atom. The van der Waals surface area contributed by atoms with Gasteiger partial charge in [0.25, 0.3) is 0 Å². The van der Waals surface area contributed by atoms with Gasteiger partial charge in [-0.25, -0.2) is 0 Å². The van der Waals surface area contributed by atoms with Crippen LogP contribution in [0.5, 0.6) is 0 Å². The van der Waals surface area contributed by atoms with E-state index in [1.54, 1.807) is 0 Å². The van der Waals surface area contributed by atoms with Crippen LogP contribution < -0.4 is 5.32 Å². The Morgan fingerprint density at radius 2 is 2.00 bits per heavy atom. The molecule has 4 atom stereocenters. The van der Waals surface area contributed by atoms with E-state index in [4.69, 9.17) is 0 Å². The summed E-state index contributed by atoms with van der Waals surface area (Å²) in [7, 11) is 4.39. The minimum atomic E-state index is 0.670. The molecule has 0 radical (unpaired) electrons. The Labute approximate surface area is 130 Å². The zero-order chi connectivity index (χ0) is 15.4. The van der Waals surface area contributed by atoms with Crippen LogP contribution >= 0.6 is 0 Å². The van der Waals surface area contributed by atoms with Gasteiger partial charge in [0.05, 0.1) is 0 Å². The number of nitrogens with zero attached hydrogens (tertiary/aromatic N) is 1. The Hall–Kier alpha value is -0.860. The van der Waals surface area contributed by atoms with Crippen molar-refractivity contribution < 1.29 is 0 Å². The minimum Gasteiger partial charge on any atom is -0.317 e. The molecular formula is C19H32N2. The normalized spacial score (nSPS) is 29.8. The lowest BCUT2D eigenvalue weighted by Gasteiger charge is -2.41. The van der Waals surface area contributed by atoms with Crippen LogP contribution in [-0.4, -0.2) is 31.6 Å². The first-order valence-corrected chi connectivity index (χ1v) is 8.41. The van der Waals surface area contributed by atoms with Crippen molar-refractivity contribution in [3.63, 3.8) is 0 Å². The van der Waals surface area contributed by atoms with Gasteiger partial charge in [-0.3, -0.25) is 0 Å². The molecule has 0 aromatic heterocycles. The molecule has 0 spiro atoms. The third-order valence-corrected chi connectivity index (χ3v) is 5.11. The Morgan fingerprint density at radius 3 is 2.67 bits per heavy atom. The molecule has 0 aliphatic heterocycles. The summed E-state index contributed by atoms with van der Waals surface area (Å²) < 4.78 is 0. The maximum atomic E-state index is 3.57. The van der Waals surface area contributed by atoms with E-state index < -0.39 is 0 Å². The molecule has 1 aliphatic rings. The SMILES string of the molecule is CNC1CC(C)CC(C)C1CN(C)Cc1cccc(C)c1. The average Bonchev–Trinajstić information content (AvgIpc) is 2.41. The van der Waals surface area contributed by atoms with Crippen molar-refractivity contribution in [3.05, 3.63) is 35.4 Å². The summed E-state index contributed by atoms with van der Waals surface area (Å²) >= 11 is 0. The Balaban J connectivity index is 1.95. The van der Waals surface area contributed by atoms with E-state index in [1.165, 1.54) is 30.5 Å². The number of nitrogens with one attached hydrogen (secondary N) is 1. The number of aryl methyl sites for hydroxylation is 1. The van der Waals surface area contributed by atoms with E-state index in [2.05, 4.69) is 69.3 Å². The van der Waals surface area contributed by atoms with Crippen molar-refractivity contribution in [2.24, 2.45) is 17.8 Å². The largest absolute Gasteiger partial charge is 0.317 e. The zero-order valence-corrected chi connectivity index (χ0v) is 14.4. The van der Waals surface area contributed by atoms with Gasteiger partial charge in [0.2, 0.25) is 0 Å². The van der Waals surface area contributed by atoms with Gasteiger partial charge in [0, 0.05) is 19.1 Å². The van der Waals surface area contributed by atoms with Crippen LogP contribution in [0.1, 0.15) is 37.8 Å². The smallest absolute Gasteiger partial charge is 0.0230 e. The average molecular weight is 288 g/mol. The summed E-state index contributed by atoms with van der Waals surface area (Å²) in [6.45, 7) is 9.24. The van der Waals surface area contributed by atoms with Crippen LogP contribution in [0.15, 0.2) is 24.3 Å². The molecule has 1 saturated carbocycles. The number of rotatable bonds is 5. The highest BCUT2D eigenvalue weighted by Gasteiger charge is 2.33. The highest BCUT2D eigenvalue weighted by atomic mass is 15.1. The number of benzene rings is 1. The number of hydrogen-bond acceptors (Lipinski definition) is 2. The molecule has 0 amide bonds. The lowest BCUT2D eigenvalue weighted by Crippen LogP contribution is -2.47. The molecule has 2 heteroatoms. The topological polar surface area (TPSA) is 15.3 Å². The van der Waals surface area contributed by atoms with Gasteiger partial charge >= 0.3 is 0 Å². The number of hydrogen-bond donors (Lipinski definition) is 1. The lowest BCUT2D eigenvalue weighted by atomic mass is 9.72. The summed E-state index contributed by atoms with van der Waals surface area (Å²) in [5.74, 6) is 2.43. The second-order valence-corrected chi connectivity index (χ2v) is 7.30. The fourth-order valence-corrected chi connectivity index (χ4v) is 4.10. The first kappa shape index (κ1) is 16.5. The molecule has 1 aromatic rings. The summed E-state index contributed by atoms with van der Waals surface area (Å²) in [6.07, 6.45) is 2.70. The van der Waals surface area contributed by atoms with Crippen LogP contribution in [-0.2, 0) is 6.54 Å². The van der Waals surface area contributed by atoms with Crippen molar-refractivity contribution in [2.75, 3.05) is 20.6 Å². The van der Waals surface area contributed by atoms with Gasteiger partial charge in [0.1, 0.15) is 0 Å². The van der Waals surface area contributed by atoms with Gasteiger partial charge in [0.15, 0.2) is 0 Å². The van der Waals surface area contributed by atoms with E-state index >= 15 is 0 Å².